The van der Waals surface area contributed by atoms with Gasteiger partial charge in [-0.15, -0.1) is 0 Å². The van der Waals surface area contributed by atoms with Gasteiger partial charge in [-0.3, -0.25) is 9.59 Å². The highest BCUT2D eigenvalue weighted by atomic mass is 16.5. The topological polar surface area (TPSA) is 93.6 Å². The molecule has 228 valence electrons. The minimum absolute atomic E-state index is 0.0827. The first-order chi connectivity index (χ1) is 20.0. The summed E-state index contributed by atoms with van der Waals surface area (Å²) in [5.41, 5.74) is 2.30. The van der Waals surface area contributed by atoms with Crippen LogP contribution in [0.3, 0.4) is 0 Å². The first-order valence-corrected chi connectivity index (χ1v) is 15.2. The van der Waals surface area contributed by atoms with Crippen LogP contribution < -0.4 is 9.64 Å². The molecule has 1 N–H and O–H groups in total. The van der Waals surface area contributed by atoms with Crippen molar-refractivity contribution in [1.29, 1.82) is 0 Å². The minimum Gasteiger partial charge on any atom is -0.478 e. The molecule has 9 nitrogen and oxygen atoms in total. The Morgan fingerprint density at radius 2 is 1.67 bits per heavy atom. The molecule has 4 rings (SSSR count). The minimum atomic E-state index is -1.11. The van der Waals surface area contributed by atoms with Crippen molar-refractivity contribution in [3.63, 3.8) is 0 Å². The van der Waals surface area contributed by atoms with Crippen LogP contribution in [0.25, 0.3) is 0 Å². The first-order valence-electron chi connectivity index (χ1n) is 15.2. The maximum atomic E-state index is 13.6. The SMILES string of the molecule is CCN(Cc1ccc(C(C)C)cc1)C(=O)[C@H]1CCCN(c2cccc(OC(C)(C)C(=O)N3CCN(C(=O)O)CC3)c2)C1. The Balaban J connectivity index is 1.38. The number of nitrogens with zero attached hydrogens (tertiary/aromatic N) is 4. The van der Waals surface area contributed by atoms with Crippen LogP contribution in [0.15, 0.2) is 48.5 Å². The van der Waals surface area contributed by atoms with Crippen LogP contribution in [0.5, 0.6) is 5.75 Å². The largest absolute Gasteiger partial charge is 0.478 e. The van der Waals surface area contributed by atoms with Crippen LogP contribution in [-0.2, 0) is 16.1 Å². The van der Waals surface area contributed by atoms with E-state index in [2.05, 4.69) is 43.0 Å². The van der Waals surface area contributed by atoms with Crippen molar-refractivity contribution in [3.05, 3.63) is 59.7 Å². The summed E-state index contributed by atoms with van der Waals surface area (Å²) in [7, 11) is 0. The molecule has 0 unspecified atom stereocenters. The maximum absolute atomic E-state index is 13.6. The quantitative estimate of drug-likeness (QED) is 0.448. The van der Waals surface area contributed by atoms with Gasteiger partial charge in [-0.2, -0.15) is 0 Å². The van der Waals surface area contributed by atoms with Gasteiger partial charge >= 0.3 is 6.09 Å². The molecule has 0 aromatic heterocycles. The van der Waals surface area contributed by atoms with E-state index in [0.29, 0.717) is 57.5 Å². The van der Waals surface area contributed by atoms with Gasteiger partial charge in [0.05, 0.1) is 5.92 Å². The van der Waals surface area contributed by atoms with Gasteiger partial charge in [0.1, 0.15) is 5.75 Å². The van der Waals surface area contributed by atoms with Gasteiger partial charge in [-0.1, -0.05) is 44.2 Å². The lowest BCUT2D eigenvalue weighted by Crippen LogP contribution is -2.56. The van der Waals surface area contributed by atoms with Crippen LogP contribution in [0.1, 0.15) is 64.5 Å². The fourth-order valence-corrected chi connectivity index (χ4v) is 5.81. The van der Waals surface area contributed by atoms with E-state index >= 15 is 0 Å². The summed E-state index contributed by atoms with van der Waals surface area (Å²) in [5.74, 6) is 1.01. The second kappa shape index (κ2) is 13.5. The third-order valence-electron chi connectivity index (χ3n) is 8.39. The van der Waals surface area contributed by atoms with E-state index in [1.807, 2.05) is 36.1 Å². The lowest BCUT2D eigenvalue weighted by Gasteiger charge is -2.38. The Labute approximate surface area is 250 Å². The van der Waals surface area contributed by atoms with Crippen molar-refractivity contribution in [2.75, 3.05) is 50.7 Å². The van der Waals surface area contributed by atoms with Gasteiger partial charge < -0.3 is 29.4 Å². The summed E-state index contributed by atoms with van der Waals surface area (Å²) in [4.78, 5) is 45.3. The average Bonchev–Trinajstić information content (AvgIpc) is 2.99. The molecule has 2 saturated heterocycles. The molecular weight excluding hydrogens is 532 g/mol. The molecule has 2 aromatic carbocycles. The van der Waals surface area contributed by atoms with E-state index in [4.69, 9.17) is 4.74 Å². The Morgan fingerprint density at radius 1 is 1.00 bits per heavy atom. The smallest absolute Gasteiger partial charge is 0.407 e. The molecule has 0 bridgehead atoms. The number of carbonyl (C=O) groups is 3. The van der Waals surface area contributed by atoms with E-state index in [1.165, 1.54) is 10.5 Å². The van der Waals surface area contributed by atoms with E-state index in [9.17, 15) is 19.5 Å². The number of rotatable bonds is 9. The molecule has 9 heteroatoms. The number of carbonyl (C=O) groups excluding carboxylic acids is 2. The van der Waals surface area contributed by atoms with Crippen molar-refractivity contribution in [2.45, 2.75) is 65.5 Å². The Kier molecular flexibility index (Phi) is 10.0. The third-order valence-corrected chi connectivity index (χ3v) is 8.39. The number of piperazine rings is 1. The zero-order valence-corrected chi connectivity index (χ0v) is 25.7. The molecular formula is C33H46N4O5. The van der Waals surface area contributed by atoms with Gasteiger partial charge in [0.25, 0.3) is 5.91 Å². The number of piperidine rings is 1. The van der Waals surface area contributed by atoms with E-state index in [-0.39, 0.29) is 17.7 Å². The third kappa shape index (κ3) is 7.55. The Bertz CT molecular complexity index is 1240. The van der Waals surface area contributed by atoms with Crippen LogP contribution >= 0.6 is 0 Å². The summed E-state index contributed by atoms with van der Waals surface area (Å²) in [5, 5.41) is 9.19. The molecule has 0 spiro atoms. The van der Waals surface area contributed by atoms with Gasteiger partial charge in [-0.05, 0) is 62.8 Å². The lowest BCUT2D eigenvalue weighted by atomic mass is 9.95. The molecule has 2 aromatic rings. The Hall–Kier alpha value is -3.75. The van der Waals surface area contributed by atoms with Crippen molar-refractivity contribution in [2.24, 2.45) is 5.92 Å². The highest BCUT2D eigenvalue weighted by Crippen LogP contribution is 2.30. The number of benzene rings is 2. The van der Waals surface area contributed by atoms with Crippen LogP contribution in [-0.4, -0.2) is 89.1 Å². The molecule has 0 aliphatic carbocycles. The van der Waals surface area contributed by atoms with Gasteiger partial charge in [0.2, 0.25) is 5.91 Å². The molecule has 2 fully saturated rings. The molecule has 2 heterocycles. The van der Waals surface area contributed by atoms with Crippen molar-refractivity contribution < 1.29 is 24.2 Å². The molecule has 3 amide bonds. The van der Waals surface area contributed by atoms with Gasteiger partial charge in [-0.25, -0.2) is 4.79 Å². The molecule has 1 atom stereocenters. The van der Waals surface area contributed by atoms with Crippen molar-refractivity contribution in [3.8, 4) is 5.75 Å². The fraction of sp³-hybridized carbons (Fsp3) is 0.545. The number of anilines is 1. The fourth-order valence-electron chi connectivity index (χ4n) is 5.81. The molecule has 2 aliphatic rings. The number of hydrogen-bond donors (Lipinski definition) is 1. The number of ether oxygens (including phenoxy) is 1. The zero-order valence-electron chi connectivity index (χ0n) is 25.7. The molecule has 2 aliphatic heterocycles. The lowest BCUT2D eigenvalue weighted by molar-refractivity contribution is -0.147. The van der Waals surface area contributed by atoms with Crippen LogP contribution in [0.2, 0.25) is 0 Å². The van der Waals surface area contributed by atoms with Crippen molar-refractivity contribution in [1.82, 2.24) is 14.7 Å². The summed E-state index contributed by atoms with van der Waals surface area (Å²) < 4.78 is 6.22. The maximum Gasteiger partial charge on any atom is 0.407 e. The zero-order chi connectivity index (χ0) is 30.4. The number of amides is 3. The predicted octanol–water partition coefficient (Wildman–Crippen LogP) is 5.05. The van der Waals surface area contributed by atoms with E-state index in [0.717, 1.165) is 30.6 Å². The second-order valence-electron chi connectivity index (χ2n) is 12.2. The summed E-state index contributed by atoms with van der Waals surface area (Å²) in [6.07, 6.45) is 0.828. The summed E-state index contributed by atoms with van der Waals surface area (Å²) in [6, 6.07) is 16.3. The molecule has 0 radical (unpaired) electrons. The Morgan fingerprint density at radius 3 is 2.29 bits per heavy atom. The van der Waals surface area contributed by atoms with Crippen LogP contribution in [0.4, 0.5) is 10.5 Å². The van der Waals surface area contributed by atoms with E-state index < -0.39 is 11.7 Å². The average molecular weight is 579 g/mol. The first kappa shape index (κ1) is 31.2. The monoisotopic (exact) mass is 578 g/mol. The molecule has 42 heavy (non-hydrogen) atoms. The highest BCUT2D eigenvalue weighted by molar-refractivity contribution is 5.85. The van der Waals surface area contributed by atoms with Crippen molar-refractivity contribution >= 4 is 23.6 Å². The number of hydrogen-bond acceptors (Lipinski definition) is 5. The predicted molar refractivity (Wildman–Crippen MR) is 164 cm³/mol. The van der Waals surface area contributed by atoms with Gasteiger partial charge in [0, 0.05) is 64.1 Å². The normalized spacial score (nSPS) is 17.8. The van der Waals surface area contributed by atoms with E-state index in [1.54, 1.807) is 18.7 Å². The standard InChI is InChI=1S/C33H46N4O5/c1-6-34(22-25-12-14-26(15-13-25)24(2)3)30(38)27-9-8-16-37(23-27)28-10-7-11-29(21-28)42-33(4,5)31(39)35-17-19-36(20-18-35)32(40)41/h7,10-15,21,24,27H,6,8-9,16-20,22-23H2,1-5H3,(H,40,41)/t27-/m0/s1. The second-order valence-corrected chi connectivity index (χ2v) is 12.2. The van der Waals surface area contributed by atoms with Crippen LogP contribution in [0, 0.1) is 5.92 Å². The number of carboxylic acid groups (broad SMARTS) is 1. The van der Waals surface area contributed by atoms with Gasteiger partial charge in [0.15, 0.2) is 5.60 Å². The summed E-state index contributed by atoms with van der Waals surface area (Å²) >= 11 is 0. The summed E-state index contributed by atoms with van der Waals surface area (Å²) in [6.45, 7) is 13.9. The molecule has 0 saturated carbocycles. The highest BCUT2D eigenvalue weighted by Gasteiger charge is 2.36.